The topological polar surface area (TPSA) is 0 Å². The van der Waals surface area contributed by atoms with Crippen molar-refractivity contribution >= 4 is 0 Å². The Morgan fingerprint density at radius 3 is 2.22 bits per heavy atom. The lowest BCUT2D eigenvalue weighted by atomic mass is 10.2. The molecule has 0 fully saturated rings. The lowest BCUT2D eigenvalue weighted by Gasteiger charge is -2.05. The number of hydrogen-bond acceptors (Lipinski definition) is 0. The predicted molar refractivity (Wildman–Crippen MR) is 30.6 cm³/mol. The summed E-state index contributed by atoms with van der Waals surface area (Å²) in [6, 6.07) is 0. The van der Waals surface area contributed by atoms with Gasteiger partial charge in [0.2, 0.25) is 0 Å². The average molecular weight is 138 g/mol. The van der Waals surface area contributed by atoms with E-state index in [1.165, 1.54) is 6.08 Å². The molecular formula is C6H9F3. The Morgan fingerprint density at radius 2 is 1.89 bits per heavy atom. The Kier molecular flexibility index (Phi) is 4.18. The Bertz CT molecular complexity index is 82.4. The quantitative estimate of drug-likeness (QED) is 0.522. The van der Waals surface area contributed by atoms with Crippen LogP contribution in [0.1, 0.15) is 6.42 Å². The van der Waals surface area contributed by atoms with Crippen molar-refractivity contribution in [3.63, 3.8) is 0 Å². The van der Waals surface area contributed by atoms with Crippen molar-refractivity contribution in [1.82, 2.24) is 0 Å². The number of rotatable bonds is 4. The average Bonchev–Trinajstić information content (AvgIpc) is 1.87. The van der Waals surface area contributed by atoms with Gasteiger partial charge in [-0.3, -0.25) is 0 Å². The maximum absolute atomic E-state index is 12.1. The van der Waals surface area contributed by atoms with Gasteiger partial charge in [0.1, 0.15) is 12.8 Å². The first-order valence-corrected chi connectivity index (χ1v) is 2.67. The van der Waals surface area contributed by atoms with Gasteiger partial charge in [0.15, 0.2) is 6.17 Å². The van der Waals surface area contributed by atoms with Crippen molar-refractivity contribution in [2.24, 2.45) is 0 Å². The van der Waals surface area contributed by atoms with E-state index in [1.807, 2.05) is 0 Å². The molecule has 9 heavy (non-hydrogen) atoms. The van der Waals surface area contributed by atoms with Gasteiger partial charge in [0.05, 0.1) is 0 Å². The molecule has 0 aliphatic heterocycles. The highest BCUT2D eigenvalue weighted by Crippen LogP contribution is 2.08. The van der Waals surface area contributed by atoms with Crippen LogP contribution >= 0.6 is 0 Å². The van der Waals surface area contributed by atoms with Crippen LogP contribution < -0.4 is 0 Å². The fourth-order valence-corrected chi connectivity index (χ4v) is 0.404. The third-order valence-electron chi connectivity index (χ3n) is 0.932. The zero-order valence-electron chi connectivity index (χ0n) is 4.99. The van der Waals surface area contributed by atoms with Crippen molar-refractivity contribution in [2.75, 3.05) is 6.67 Å². The lowest BCUT2D eigenvalue weighted by molar-refractivity contribution is 0.139. The second-order valence-electron chi connectivity index (χ2n) is 1.71. The van der Waals surface area contributed by atoms with Crippen molar-refractivity contribution in [3.8, 4) is 0 Å². The summed E-state index contributed by atoms with van der Waals surface area (Å²) in [7, 11) is 0. The minimum atomic E-state index is -1.98. The van der Waals surface area contributed by atoms with Crippen LogP contribution in [-0.2, 0) is 0 Å². The highest BCUT2D eigenvalue weighted by Gasteiger charge is 2.17. The lowest BCUT2D eigenvalue weighted by Crippen LogP contribution is -2.18. The predicted octanol–water partition coefficient (Wildman–Crippen LogP) is 2.21. The molecule has 0 saturated heterocycles. The maximum atomic E-state index is 12.1. The first-order valence-electron chi connectivity index (χ1n) is 2.67. The van der Waals surface area contributed by atoms with E-state index in [0.717, 1.165) is 0 Å². The second-order valence-corrected chi connectivity index (χ2v) is 1.71. The van der Waals surface area contributed by atoms with E-state index in [4.69, 9.17) is 0 Å². The van der Waals surface area contributed by atoms with E-state index in [-0.39, 0.29) is 6.42 Å². The van der Waals surface area contributed by atoms with Gasteiger partial charge in [-0.1, -0.05) is 6.08 Å². The zero-order chi connectivity index (χ0) is 7.28. The van der Waals surface area contributed by atoms with Crippen molar-refractivity contribution in [1.29, 1.82) is 0 Å². The molecule has 0 bridgehead atoms. The van der Waals surface area contributed by atoms with Crippen LogP contribution in [0.3, 0.4) is 0 Å². The molecule has 0 saturated carbocycles. The SMILES string of the molecule is C=CCC(F)C(F)CF. The first kappa shape index (κ1) is 8.53. The number of alkyl halides is 3. The van der Waals surface area contributed by atoms with Crippen LogP contribution in [0.4, 0.5) is 13.2 Å². The zero-order valence-corrected chi connectivity index (χ0v) is 4.99. The van der Waals surface area contributed by atoms with Crippen LogP contribution in [-0.4, -0.2) is 19.0 Å². The Morgan fingerprint density at radius 1 is 1.33 bits per heavy atom. The van der Waals surface area contributed by atoms with E-state index in [1.54, 1.807) is 0 Å². The molecule has 0 nitrogen and oxygen atoms in total. The smallest absolute Gasteiger partial charge is 0.160 e. The molecule has 0 radical (unpaired) electrons. The highest BCUT2D eigenvalue weighted by atomic mass is 19.2. The molecule has 0 N–H and O–H groups in total. The van der Waals surface area contributed by atoms with Gasteiger partial charge in [-0.25, -0.2) is 13.2 Å². The molecule has 2 unspecified atom stereocenters. The third kappa shape index (κ3) is 3.16. The summed E-state index contributed by atoms with van der Waals surface area (Å²) in [6.45, 7) is 1.93. The Balaban J connectivity index is 3.44. The summed E-state index contributed by atoms with van der Waals surface area (Å²) in [4.78, 5) is 0. The molecule has 0 aliphatic rings. The van der Waals surface area contributed by atoms with Gasteiger partial charge in [-0.2, -0.15) is 0 Å². The Labute approximate surface area is 52.4 Å². The highest BCUT2D eigenvalue weighted by molar-refractivity contribution is 4.77. The molecule has 0 aliphatic carbocycles. The summed E-state index contributed by atoms with van der Waals surface area (Å²) < 4.78 is 35.3. The van der Waals surface area contributed by atoms with Crippen LogP contribution in [0, 0.1) is 0 Å². The van der Waals surface area contributed by atoms with Gasteiger partial charge in [-0.05, 0) is 6.42 Å². The Hall–Kier alpha value is -0.470. The van der Waals surface area contributed by atoms with Gasteiger partial charge in [0.25, 0.3) is 0 Å². The number of hydrogen-bond donors (Lipinski definition) is 0. The van der Waals surface area contributed by atoms with Crippen molar-refractivity contribution in [2.45, 2.75) is 18.8 Å². The molecule has 54 valence electrons. The van der Waals surface area contributed by atoms with Crippen LogP contribution in [0.15, 0.2) is 12.7 Å². The maximum Gasteiger partial charge on any atom is 0.160 e. The van der Waals surface area contributed by atoms with Gasteiger partial charge in [-0.15, -0.1) is 6.58 Å². The van der Waals surface area contributed by atoms with Crippen LogP contribution in [0.25, 0.3) is 0 Å². The van der Waals surface area contributed by atoms with E-state index in [9.17, 15) is 13.2 Å². The second kappa shape index (κ2) is 4.41. The van der Waals surface area contributed by atoms with E-state index in [2.05, 4.69) is 6.58 Å². The minimum absolute atomic E-state index is 0.120. The fourth-order valence-electron chi connectivity index (χ4n) is 0.404. The van der Waals surface area contributed by atoms with E-state index in [0.29, 0.717) is 0 Å². The fraction of sp³-hybridized carbons (Fsp3) is 0.667. The van der Waals surface area contributed by atoms with Crippen molar-refractivity contribution < 1.29 is 13.2 Å². The number of allylic oxidation sites excluding steroid dienone is 1. The van der Waals surface area contributed by atoms with Crippen LogP contribution in [0.2, 0.25) is 0 Å². The molecule has 0 aromatic rings. The monoisotopic (exact) mass is 138 g/mol. The largest absolute Gasteiger partial charge is 0.248 e. The summed E-state index contributed by atoms with van der Waals surface area (Å²) in [5.41, 5.74) is 0. The van der Waals surface area contributed by atoms with Crippen LogP contribution in [0.5, 0.6) is 0 Å². The molecule has 3 heteroatoms. The standard InChI is InChI=1S/C6H9F3/c1-2-3-5(8)6(9)4-7/h2,5-6H,1,3-4H2. The molecule has 0 amide bonds. The molecular weight excluding hydrogens is 129 g/mol. The summed E-state index contributed by atoms with van der Waals surface area (Å²) in [6.07, 6.45) is -2.60. The van der Waals surface area contributed by atoms with Gasteiger partial charge < -0.3 is 0 Å². The molecule has 0 aromatic heterocycles. The molecule has 0 spiro atoms. The normalized spacial score (nSPS) is 16.8. The minimum Gasteiger partial charge on any atom is -0.248 e. The molecule has 0 aromatic carbocycles. The van der Waals surface area contributed by atoms with Gasteiger partial charge in [0, 0.05) is 0 Å². The summed E-state index contributed by atoms with van der Waals surface area (Å²) in [5, 5.41) is 0. The molecule has 2 atom stereocenters. The van der Waals surface area contributed by atoms with E-state index >= 15 is 0 Å². The van der Waals surface area contributed by atoms with E-state index < -0.39 is 19.0 Å². The first-order chi connectivity index (χ1) is 4.22. The molecule has 0 heterocycles. The summed E-state index contributed by atoms with van der Waals surface area (Å²) in [5.74, 6) is 0. The molecule has 0 rings (SSSR count). The third-order valence-corrected chi connectivity index (χ3v) is 0.932. The summed E-state index contributed by atoms with van der Waals surface area (Å²) >= 11 is 0. The van der Waals surface area contributed by atoms with Crippen molar-refractivity contribution in [3.05, 3.63) is 12.7 Å². The van der Waals surface area contributed by atoms with Gasteiger partial charge >= 0.3 is 0 Å². The number of halogens is 3.